The first-order valence-corrected chi connectivity index (χ1v) is 12.6. The molecular weight excluding hydrogens is 480 g/mol. The lowest BCUT2D eigenvalue weighted by atomic mass is 9.94. The first kappa shape index (κ1) is 25.0. The van der Waals surface area contributed by atoms with Crippen molar-refractivity contribution in [3.63, 3.8) is 0 Å². The molecule has 0 saturated heterocycles. The molecule has 2 N–H and O–H groups in total. The Hall–Kier alpha value is -4.66. The molecule has 5 rings (SSSR count). The van der Waals surface area contributed by atoms with E-state index >= 15 is 0 Å². The van der Waals surface area contributed by atoms with Crippen LogP contribution in [0.5, 0.6) is 11.5 Å². The molecule has 1 aromatic heterocycles. The maximum absolute atomic E-state index is 13.6. The summed E-state index contributed by atoms with van der Waals surface area (Å²) in [5.74, 6) is 1.46. The molecule has 0 bridgehead atoms. The van der Waals surface area contributed by atoms with Crippen molar-refractivity contribution in [2.75, 3.05) is 23.8 Å². The Morgan fingerprint density at radius 3 is 2.63 bits per heavy atom. The molecule has 1 atom stereocenters. The Morgan fingerprint density at radius 2 is 1.84 bits per heavy atom. The fourth-order valence-electron chi connectivity index (χ4n) is 4.54. The van der Waals surface area contributed by atoms with Crippen molar-refractivity contribution in [3.8, 4) is 11.5 Å². The highest BCUT2D eigenvalue weighted by Gasteiger charge is 2.34. The molecule has 0 fully saturated rings. The number of rotatable bonds is 9. The molecule has 1 aliphatic rings. The van der Waals surface area contributed by atoms with E-state index in [1.807, 2.05) is 81.4 Å². The topological polar surface area (TPSA) is 103 Å². The van der Waals surface area contributed by atoms with Gasteiger partial charge in [-0.05, 0) is 72.2 Å². The van der Waals surface area contributed by atoms with E-state index in [0.717, 1.165) is 17.5 Å². The van der Waals surface area contributed by atoms with Gasteiger partial charge in [0.15, 0.2) is 11.5 Å². The van der Waals surface area contributed by atoms with E-state index < -0.39 is 6.04 Å². The molecular formula is C29H30N6O3. The minimum Gasteiger partial charge on any atom is -0.490 e. The molecule has 2 heterocycles. The zero-order valence-electron chi connectivity index (χ0n) is 21.6. The number of benzene rings is 3. The standard InChI is InChI=1S/C29H30N6O3/c1-4-37-25-18-22(13-14-24(25)38-16-15-21-10-6-5-7-11-21)27-26(20(3)30-29-32-33-34-35(27)29)28(36)31-23-12-8-9-19(2)17-23/h5-14,17-18,27H,4,15-16H2,1-3H3,(H,31,36)(H,30,32,34). The Kier molecular flexibility index (Phi) is 7.35. The number of ether oxygens (including phenoxy) is 2. The zero-order chi connectivity index (χ0) is 26.5. The monoisotopic (exact) mass is 510 g/mol. The summed E-state index contributed by atoms with van der Waals surface area (Å²) in [7, 11) is 0. The van der Waals surface area contributed by atoms with Gasteiger partial charge in [-0.1, -0.05) is 53.6 Å². The van der Waals surface area contributed by atoms with Crippen LogP contribution in [0.1, 0.15) is 36.6 Å². The highest BCUT2D eigenvalue weighted by molar-refractivity contribution is 6.06. The second-order valence-corrected chi connectivity index (χ2v) is 9.06. The van der Waals surface area contributed by atoms with Gasteiger partial charge in [0.25, 0.3) is 5.91 Å². The van der Waals surface area contributed by atoms with E-state index in [4.69, 9.17) is 9.47 Å². The van der Waals surface area contributed by atoms with Crippen molar-refractivity contribution < 1.29 is 14.3 Å². The maximum Gasteiger partial charge on any atom is 0.255 e. The van der Waals surface area contributed by atoms with Crippen LogP contribution in [-0.4, -0.2) is 39.3 Å². The minimum absolute atomic E-state index is 0.243. The average molecular weight is 511 g/mol. The van der Waals surface area contributed by atoms with Gasteiger partial charge in [-0.25, -0.2) is 0 Å². The number of aromatic nitrogens is 4. The van der Waals surface area contributed by atoms with E-state index in [1.54, 1.807) is 4.68 Å². The van der Waals surface area contributed by atoms with Gasteiger partial charge in [-0.3, -0.25) is 4.79 Å². The fraction of sp³-hybridized carbons (Fsp3) is 0.241. The van der Waals surface area contributed by atoms with Gasteiger partial charge >= 0.3 is 0 Å². The van der Waals surface area contributed by atoms with Gasteiger partial charge < -0.3 is 20.1 Å². The molecule has 0 aliphatic carbocycles. The van der Waals surface area contributed by atoms with Crippen LogP contribution in [-0.2, 0) is 11.2 Å². The first-order valence-electron chi connectivity index (χ1n) is 12.6. The van der Waals surface area contributed by atoms with Crippen molar-refractivity contribution >= 4 is 17.5 Å². The van der Waals surface area contributed by atoms with Crippen molar-refractivity contribution in [1.82, 2.24) is 20.2 Å². The lowest BCUT2D eigenvalue weighted by molar-refractivity contribution is -0.113. The predicted octanol–water partition coefficient (Wildman–Crippen LogP) is 4.93. The van der Waals surface area contributed by atoms with Crippen molar-refractivity contribution in [2.24, 2.45) is 0 Å². The quantitative estimate of drug-likeness (QED) is 0.329. The van der Waals surface area contributed by atoms with Crippen LogP contribution >= 0.6 is 0 Å². The lowest BCUT2D eigenvalue weighted by Crippen LogP contribution is -2.31. The fourth-order valence-corrected chi connectivity index (χ4v) is 4.54. The van der Waals surface area contributed by atoms with Gasteiger partial charge in [0.05, 0.1) is 18.8 Å². The molecule has 1 amide bonds. The van der Waals surface area contributed by atoms with Gasteiger partial charge in [0.1, 0.15) is 6.04 Å². The summed E-state index contributed by atoms with van der Waals surface area (Å²) in [6.07, 6.45) is 0.779. The van der Waals surface area contributed by atoms with E-state index in [-0.39, 0.29) is 5.91 Å². The predicted molar refractivity (Wildman–Crippen MR) is 145 cm³/mol. The minimum atomic E-state index is -0.566. The third-order valence-electron chi connectivity index (χ3n) is 6.31. The van der Waals surface area contributed by atoms with Crippen LogP contribution in [0.4, 0.5) is 11.6 Å². The molecule has 3 aromatic carbocycles. The number of hydrogen-bond acceptors (Lipinski definition) is 7. The van der Waals surface area contributed by atoms with Gasteiger partial charge in [0.2, 0.25) is 5.95 Å². The smallest absolute Gasteiger partial charge is 0.255 e. The molecule has 38 heavy (non-hydrogen) atoms. The number of fused-ring (bicyclic) bond motifs is 1. The van der Waals surface area contributed by atoms with Gasteiger partial charge in [-0.2, -0.15) is 4.68 Å². The van der Waals surface area contributed by atoms with E-state index in [1.165, 1.54) is 5.56 Å². The SMILES string of the molecule is CCOc1cc(C2C(C(=O)Nc3cccc(C)c3)=C(C)Nc3nnnn32)ccc1OCCc1ccccc1. The van der Waals surface area contributed by atoms with E-state index in [0.29, 0.717) is 47.6 Å². The Morgan fingerprint density at radius 1 is 1.00 bits per heavy atom. The van der Waals surface area contributed by atoms with Crippen LogP contribution in [0.3, 0.4) is 0 Å². The second kappa shape index (κ2) is 11.2. The largest absolute Gasteiger partial charge is 0.490 e. The van der Waals surface area contributed by atoms with E-state index in [2.05, 4.69) is 38.3 Å². The molecule has 0 spiro atoms. The van der Waals surface area contributed by atoms with Gasteiger partial charge in [0, 0.05) is 17.8 Å². The Bertz CT molecular complexity index is 1460. The normalized spacial score (nSPS) is 14.4. The number of anilines is 2. The second-order valence-electron chi connectivity index (χ2n) is 9.06. The average Bonchev–Trinajstić information content (AvgIpc) is 3.37. The number of hydrogen-bond donors (Lipinski definition) is 2. The van der Waals surface area contributed by atoms with Crippen molar-refractivity contribution in [2.45, 2.75) is 33.2 Å². The number of nitrogens with zero attached hydrogens (tertiary/aromatic N) is 4. The molecule has 1 unspecified atom stereocenters. The molecule has 4 aromatic rings. The van der Waals surface area contributed by atoms with Crippen LogP contribution in [0, 0.1) is 6.92 Å². The first-order chi connectivity index (χ1) is 18.5. The molecule has 1 aliphatic heterocycles. The molecule has 0 radical (unpaired) electrons. The highest BCUT2D eigenvalue weighted by atomic mass is 16.5. The third-order valence-corrected chi connectivity index (χ3v) is 6.31. The molecule has 194 valence electrons. The number of carbonyl (C=O) groups excluding carboxylic acids is 1. The highest BCUT2D eigenvalue weighted by Crippen LogP contribution is 2.39. The maximum atomic E-state index is 13.6. The molecule has 9 heteroatoms. The Labute approximate surface area is 221 Å². The third kappa shape index (κ3) is 5.36. The van der Waals surface area contributed by atoms with Crippen LogP contribution in [0.25, 0.3) is 0 Å². The molecule has 0 saturated carbocycles. The van der Waals surface area contributed by atoms with Crippen molar-refractivity contribution in [3.05, 3.63) is 101 Å². The van der Waals surface area contributed by atoms with Crippen LogP contribution in [0.15, 0.2) is 84.1 Å². The lowest BCUT2D eigenvalue weighted by Gasteiger charge is -2.28. The summed E-state index contributed by atoms with van der Waals surface area (Å²) in [5, 5.41) is 18.3. The van der Waals surface area contributed by atoms with Crippen LogP contribution in [0.2, 0.25) is 0 Å². The summed E-state index contributed by atoms with van der Waals surface area (Å²) in [6, 6.07) is 23.0. The number of nitrogens with one attached hydrogen (secondary N) is 2. The molecule has 9 nitrogen and oxygen atoms in total. The summed E-state index contributed by atoms with van der Waals surface area (Å²) >= 11 is 0. The summed E-state index contributed by atoms with van der Waals surface area (Å²) < 4.78 is 13.7. The van der Waals surface area contributed by atoms with Gasteiger partial charge in [-0.15, -0.1) is 0 Å². The summed E-state index contributed by atoms with van der Waals surface area (Å²) in [4.78, 5) is 13.6. The Balaban J connectivity index is 1.45. The zero-order valence-corrected chi connectivity index (χ0v) is 21.6. The number of carbonyl (C=O) groups is 1. The number of aryl methyl sites for hydroxylation is 1. The van der Waals surface area contributed by atoms with E-state index in [9.17, 15) is 4.79 Å². The van der Waals surface area contributed by atoms with Crippen molar-refractivity contribution in [1.29, 1.82) is 0 Å². The summed E-state index contributed by atoms with van der Waals surface area (Å²) in [6.45, 7) is 6.74. The summed E-state index contributed by atoms with van der Waals surface area (Å²) in [5.41, 5.74) is 4.95. The number of amides is 1. The van der Waals surface area contributed by atoms with Crippen LogP contribution < -0.4 is 20.1 Å². The number of allylic oxidation sites excluding steroid dienone is 1. The number of tetrazole rings is 1.